The Hall–Kier alpha value is -0.830. The molecule has 84 valence electrons. The minimum Gasteiger partial charge on any atom is -0.312 e. The zero-order valence-corrected chi connectivity index (χ0v) is 10.0. The van der Waals surface area contributed by atoms with Gasteiger partial charge in [0.2, 0.25) is 0 Å². The molecule has 3 nitrogen and oxygen atoms in total. The molecule has 0 aliphatic heterocycles. The Morgan fingerprint density at radius 1 is 1.53 bits per heavy atom. The minimum absolute atomic E-state index is 0.635. The summed E-state index contributed by atoms with van der Waals surface area (Å²) in [6.07, 6.45) is 6.09. The van der Waals surface area contributed by atoms with Gasteiger partial charge in [-0.1, -0.05) is 6.92 Å². The van der Waals surface area contributed by atoms with E-state index in [9.17, 15) is 0 Å². The fourth-order valence-electron chi connectivity index (χ4n) is 2.01. The lowest BCUT2D eigenvalue weighted by atomic mass is 10.0. The van der Waals surface area contributed by atoms with E-state index < -0.39 is 0 Å². The normalized spacial score (nSPS) is 18.1. The monoisotopic (exact) mass is 207 g/mol. The molecule has 1 saturated carbocycles. The van der Waals surface area contributed by atoms with E-state index in [0.29, 0.717) is 5.41 Å². The third kappa shape index (κ3) is 2.23. The predicted octanol–water partition coefficient (Wildman–Crippen LogP) is 2.01. The molecule has 15 heavy (non-hydrogen) atoms. The van der Waals surface area contributed by atoms with Crippen LogP contribution in [-0.2, 0) is 13.6 Å². The van der Waals surface area contributed by atoms with Crippen molar-refractivity contribution in [2.45, 2.75) is 39.7 Å². The zero-order valence-electron chi connectivity index (χ0n) is 10.0. The molecule has 0 saturated heterocycles. The van der Waals surface area contributed by atoms with E-state index in [4.69, 9.17) is 0 Å². The molecule has 1 N–H and O–H groups in total. The third-order valence-electron chi connectivity index (χ3n) is 3.86. The van der Waals surface area contributed by atoms with Gasteiger partial charge < -0.3 is 5.32 Å². The largest absolute Gasteiger partial charge is 0.312 e. The van der Waals surface area contributed by atoms with E-state index in [1.165, 1.54) is 30.5 Å². The molecule has 2 rings (SSSR count). The fourth-order valence-corrected chi connectivity index (χ4v) is 2.01. The van der Waals surface area contributed by atoms with Gasteiger partial charge >= 0.3 is 0 Å². The Kier molecular flexibility index (Phi) is 2.83. The van der Waals surface area contributed by atoms with Gasteiger partial charge in [-0.15, -0.1) is 0 Å². The van der Waals surface area contributed by atoms with Crippen molar-refractivity contribution >= 4 is 0 Å². The second-order valence-electron chi connectivity index (χ2n) is 4.84. The van der Waals surface area contributed by atoms with Crippen molar-refractivity contribution in [3.8, 4) is 0 Å². The second-order valence-corrected chi connectivity index (χ2v) is 4.84. The Morgan fingerprint density at radius 3 is 2.73 bits per heavy atom. The van der Waals surface area contributed by atoms with Crippen LogP contribution in [-0.4, -0.2) is 16.3 Å². The lowest BCUT2D eigenvalue weighted by Gasteiger charge is -2.12. The average Bonchev–Trinajstić information content (AvgIpc) is 2.96. The lowest BCUT2D eigenvalue weighted by molar-refractivity contribution is 0.443. The lowest BCUT2D eigenvalue weighted by Crippen LogP contribution is -2.23. The Labute approximate surface area is 91.9 Å². The van der Waals surface area contributed by atoms with Crippen LogP contribution in [0.1, 0.15) is 37.4 Å². The van der Waals surface area contributed by atoms with Gasteiger partial charge in [0.05, 0.1) is 6.20 Å². The summed E-state index contributed by atoms with van der Waals surface area (Å²) in [5, 5.41) is 7.80. The molecule has 1 aliphatic rings. The first-order valence-electron chi connectivity index (χ1n) is 5.85. The van der Waals surface area contributed by atoms with Crippen LogP contribution >= 0.6 is 0 Å². The zero-order chi connectivity index (χ0) is 10.9. The fraction of sp³-hybridized carbons (Fsp3) is 0.750. The van der Waals surface area contributed by atoms with Crippen molar-refractivity contribution in [3.05, 3.63) is 17.5 Å². The standard InChI is InChI=1S/C12H21N3/c1-4-12(5-6-12)9-13-7-11-8-14-15(3)10(11)2/h8,13H,4-7,9H2,1-3H3. The van der Waals surface area contributed by atoms with Crippen LogP contribution in [0.2, 0.25) is 0 Å². The third-order valence-corrected chi connectivity index (χ3v) is 3.86. The van der Waals surface area contributed by atoms with Gasteiger partial charge in [0, 0.05) is 31.4 Å². The summed E-state index contributed by atoms with van der Waals surface area (Å²) in [6.45, 7) is 6.54. The molecule has 0 spiro atoms. The maximum Gasteiger partial charge on any atom is 0.0537 e. The smallest absolute Gasteiger partial charge is 0.0537 e. The van der Waals surface area contributed by atoms with Gasteiger partial charge in [-0.25, -0.2) is 0 Å². The number of hydrogen-bond donors (Lipinski definition) is 1. The van der Waals surface area contributed by atoms with Crippen LogP contribution < -0.4 is 5.32 Å². The first-order chi connectivity index (χ1) is 7.17. The van der Waals surface area contributed by atoms with E-state index >= 15 is 0 Å². The van der Waals surface area contributed by atoms with Crippen molar-refractivity contribution in [1.29, 1.82) is 0 Å². The van der Waals surface area contributed by atoms with Crippen LogP contribution in [0.25, 0.3) is 0 Å². The van der Waals surface area contributed by atoms with Crippen molar-refractivity contribution in [1.82, 2.24) is 15.1 Å². The average molecular weight is 207 g/mol. The van der Waals surface area contributed by atoms with Gasteiger partial charge in [0.1, 0.15) is 0 Å². The van der Waals surface area contributed by atoms with Crippen LogP contribution in [0.4, 0.5) is 0 Å². The Bertz CT molecular complexity index is 337. The van der Waals surface area contributed by atoms with Gasteiger partial charge in [0.15, 0.2) is 0 Å². The molecule has 1 aromatic heterocycles. The highest BCUT2D eigenvalue weighted by atomic mass is 15.3. The number of hydrogen-bond acceptors (Lipinski definition) is 2. The minimum atomic E-state index is 0.635. The summed E-state index contributed by atoms with van der Waals surface area (Å²) >= 11 is 0. The number of nitrogens with zero attached hydrogens (tertiary/aromatic N) is 2. The van der Waals surface area contributed by atoms with E-state index in [1.54, 1.807) is 0 Å². The molecule has 0 unspecified atom stereocenters. The SMILES string of the molecule is CCC1(CNCc2cnn(C)c2C)CC1. The van der Waals surface area contributed by atoms with Crippen molar-refractivity contribution < 1.29 is 0 Å². The van der Waals surface area contributed by atoms with Crippen LogP contribution in [0, 0.1) is 12.3 Å². The Morgan fingerprint density at radius 2 is 2.27 bits per heavy atom. The maximum absolute atomic E-state index is 4.24. The van der Waals surface area contributed by atoms with Crippen LogP contribution in [0.3, 0.4) is 0 Å². The van der Waals surface area contributed by atoms with E-state index in [0.717, 1.165) is 13.1 Å². The molecule has 0 radical (unpaired) electrons. The summed E-state index contributed by atoms with van der Waals surface area (Å²) < 4.78 is 1.93. The molecular formula is C12H21N3. The van der Waals surface area contributed by atoms with Crippen molar-refractivity contribution in [2.75, 3.05) is 6.54 Å². The second kappa shape index (κ2) is 3.97. The molecule has 1 fully saturated rings. The molecular weight excluding hydrogens is 186 g/mol. The van der Waals surface area contributed by atoms with E-state index in [2.05, 4.69) is 24.3 Å². The molecule has 0 bridgehead atoms. The summed E-state index contributed by atoms with van der Waals surface area (Å²) in [5.41, 5.74) is 3.23. The Balaban J connectivity index is 1.81. The summed E-state index contributed by atoms with van der Waals surface area (Å²) in [7, 11) is 1.99. The highest BCUT2D eigenvalue weighted by Crippen LogP contribution is 2.47. The van der Waals surface area contributed by atoms with Gasteiger partial charge in [-0.05, 0) is 31.6 Å². The molecule has 1 aromatic rings. The summed E-state index contributed by atoms with van der Waals surface area (Å²) in [6, 6.07) is 0. The molecule has 1 heterocycles. The number of aromatic nitrogens is 2. The molecule has 0 aromatic carbocycles. The topological polar surface area (TPSA) is 29.9 Å². The molecule has 1 aliphatic carbocycles. The predicted molar refractivity (Wildman–Crippen MR) is 61.6 cm³/mol. The molecule has 0 amide bonds. The van der Waals surface area contributed by atoms with Crippen molar-refractivity contribution in [2.24, 2.45) is 12.5 Å². The first kappa shape index (κ1) is 10.7. The van der Waals surface area contributed by atoms with Crippen molar-refractivity contribution in [3.63, 3.8) is 0 Å². The quantitative estimate of drug-likeness (QED) is 0.800. The van der Waals surface area contributed by atoms with Gasteiger partial charge in [-0.3, -0.25) is 4.68 Å². The number of rotatable bonds is 5. The van der Waals surface area contributed by atoms with Gasteiger partial charge in [-0.2, -0.15) is 5.10 Å². The first-order valence-corrected chi connectivity index (χ1v) is 5.85. The summed E-state index contributed by atoms with van der Waals surface area (Å²) in [4.78, 5) is 0. The molecule has 3 heteroatoms. The summed E-state index contributed by atoms with van der Waals surface area (Å²) in [5.74, 6) is 0. The number of nitrogens with one attached hydrogen (secondary N) is 1. The van der Waals surface area contributed by atoms with E-state index in [1.807, 2.05) is 17.9 Å². The van der Waals surface area contributed by atoms with Gasteiger partial charge in [0.25, 0.3) is 0 Å². The number of aryl methyl sites for hydroxylation is 1. The highest BCUT2D eigenvalue weighted by molar-refractivity contribution is 5.15. The van der Waals surface area contributed by atoms with Crippen LogP contribution in [0.5, 0.6) is 0 Å². The maximum atomic E-state index is 4.24. The van der Waals surface area contributed by atoms with Crippen LogP contribution in [0.15, 0.2) is 6.20 Å². The van der Waals surface area contributed by atoms with E-state index in [-0.39, 0.29) is 0 Å². The molecule has 0 atom stereocenters. The highest BCUT2D eigenvalue weighted by Gasteiger charge is 2.39.